The van der Waals surface area contributed by atoms with Crippen molar-refractivity contribution >= 4 is 34.8 Å². The summed E-state index contributed by atoms with van der Waals surface area (Å²) in [5.41, 5.74) is 0.525. The van der Waals surface area contributed by atoms with Crippen LogP contribution in [-0.2, 0) is 32.1 Å². The molecule has 0 aromatic heterocycles. The van der Waals surface area contributed by atoms with Gasteiger partial charge in [0.1, 0.15) is 22.9 Å². The number of aliphatic hydroxyl groups is 3. The van der Waals surface area contributed by atoms with Crippen LogP contribution in [0.1, 0.15) is 43.4 Å². The molecule has 1 heterocycles. The number of benzene rings is 1. The molecule has 0 spiro atoms. The Morgan fingerprint density at radius 1 is 1.21 bits per heavy atom. The number of anilines is 1. The lowest BCUT2D eigenvalue weighted by Gasteiger charge is -2.50. The second-order valence-corrected chi connectivity index (χ2v) is 12.1. The zero-order chi connectivity index (χ0) is 31.2. The van der Waals surface area contributed by atoms with Crippen LogP contribution in [0.5, 0.6) is 5.75 Å². The Kier molecular flexibility index (Phi) is 6.99. The molecule has 12 nitrogen and oxygen atoms in total. The first-order valence-electron chi connectivity index (χ1n) is 13.8. The summed E-state index contributed by atoms with van der Waals surface area (Å²) in [6, 6.07) is -1.87. The van der Waals surface area contributed by atoms with Crippen LogP contribution < -0.4 is 11.1 Å². The van der Waals surface area contributed by atoms with Crippen LogP contribution in [0.15, 0.2) is 16.9 Å². The molecule has 6 atom stereocenters. The molecule has 13 heteroatoms. The summed E-state index contributed by atoms with van der Waals surface area (Å²) in [6.07, 6.45) is 0.323. The molecule has 1 fully saturated rings. The highest BCUT2D eigenvalue weighted by Gasteiger charge is 2.64. The van der Waals surface area contributed by atoms with E-state index in [1.807, 2.05) is 13.8 Å². The van der Waals surface area contributed by atoms with Crippen molar-refractivity contribution in [2.75, 3.05) is 26.5 Å². The number of halogens is 1. The molecule has 3 aliphatic carbocycles. The van der Waals surface area contributed by atoms with Gasteiger partial charge in [-0.25, -0.2) is 4.39 Å². The van der Waals surface area contributed by atoms with Gasteiger partial charge in [-0.2, -0.15) is 0 Å². The average molecular weight is 587 g/mol. The predicted octanol–water partition coefficient (Wildman–Crippen LogP) is 0.902. The second kappa shape index (κ2) is 9.89. The van der Waals surface area contributed by atoms with E-state index in [1.165, 1.54) is 19.0 Å². The lowest BCUT2D eigenvalue weighted by atomic mass is 9.57. The van der Waals surface area contributed by atoms with Crippen molar-refractivity contribution in [3.05, 3.63) is 39.4 Å². The molecule has 0 bridgehead atoms. The van der Waals surface area contributed by atoms with Crippen LogP contribution >= 0.6 is 0 Å². The maximum atomic E-state index is 16.3. The molecular formula is C29H35FN4O8. The Labute approximate surface area is 241 Å². The zero-order valence-electron chi connectivity index (χ0n) is 24.0. The topological polar surface area (TPSA) is 194 Å². The van der Waals surface area contributed by atoms with Gasteiger partial charge in [0.15, 0.2) is 17.1 Å². The first kappa shape index (κ1) is 29.7. The summed E-state index contributed by atoms with van der Waals surface area (Å²) in [4.78, 5) is 55.6. The Bertz CT molecular complexity index is 1520. The minimum absolute atomic E-state index is 0.0217. The lowest BCUT2D eigenvalue weighted by Crippen LogP contribution is -2.65. The number of nitrogens with one attached hydrogen (secondary N) is 1. The highest BCUT2D eigenvalue weighted by atomic mass is 19.1. The number of Topliss-reactive ketones (excluding diaryl/α,β-unsaturated/α-hetero) is 2. The Morgan fingerprint density at radius 3 is 2.43 bits per heavy atom. The van der Waals surface area contributed by atoms with E-state index in [4.69, 9.17) is 5.73 Å². The van der Waals surface area contributed by atoms with Crippen LogP contribution in [0.3, 0.4) is 0 Å². The van der Waals surface area contributed by atoms with Gasteiger partial charge in [-0.3, -0.25) is 29.0 Å². The molecule has 226 valence electrons. The van der Waals surface area contributed by atoms with Crippen molar-refractivity contribution in [2.45, 2.75) is 57.3 Å². The van der Waals surface area contributed by atoms with Crippen molar-refractivity contribution < 1.29 is 44.0 Å². The van der Waals surface area contributed by atoms with Crippen LogP contribution in [0.2, 0.25) is 0 Å². The number of aromatic hydroxyl groups is 1. The maximum absolute atomic E-state index is 16.3. The monoisotopic (exact) mass is 586 g/mol. The fourth-order valence-corrected chi connectivity index (χ4v) is 7.34. The van der Waals surface area contributed by atoms with Gasteiger partial charge in [-0.1, -0.05) is 20.3 Å². The number of rotatable bonds is 4. The van der Waals surface area contributed by atoms with Crippen LogP contribution in [0, 0.1) is 23.6 Å². The van der Waals surface area contributed by atoms with E-state index in [9.17, 15) is 39.6 Å². The molecular weight excluding hydrogens is 551 g/mol. The number of amides is 2. The molecule has 4 aliphatic rings. The molecule has 1 aromatic carbocycles. The fourth-order valence-electron chi connectivity index (χ4n) is 7.34. The smallest absolute Gasteiger partial charge is 0.255 e. The van der Waals surface area contributed by atoms with Crippen LogP contribution in [0.25, 0.3) is 5.76 Å². The second-order valence-electron chi connectivity index (χ2n) is 12.1. The van der Waals surface area contributed by atoms with Gasteiger partial charge in [0.25, 0.3) is 5.91 Å². The number of nitrogens with zero attached hydrogens (tertiary/aromatic N) is 2. The molecule has 1 unspecified atom stereocenters. The SMILES string of the molecule is CCC(C)[C@@H]1C(=O)Nc2c(O)c3c(c(F)c2CN1C)C[C@H]1C[C@H]2[C@H](N(C)C)C(=O)C(C(N)=O)=C(O)[C@@]2(O)C(=O)C1=C3O. The fraction of sp³-hybridized carbons (Fsp3) is 0.517. The van der Waals surface area contributed by atoms with E-state index in [2.05, 4.69) is 5.32 Å². The van der Waals surface area contributed by atoms with E-state index in [-0.39, 0.29) is 42.1 Å². The number of primary amides is 1. The van der Waals surface area contributed by atoms with Crippen molar-refractivity contribution in [1.29, 1.82) is 0 Å². The van der Waals surface area contributed by atoms with Gasteiger partial charge >= 0.3 is 0 Å². The van der Waals surface area contributed by atoms with E-state index < -0.39 is 92.7 Å². The number of carbonyl (C=O) groups is 4. The normalized spacial score (nSPS) is 30.3. The summed E-state index contributed by atoms with van der Waals surface area (Å²) in [7, 11) is 4.68. The van der Waals surface area contributed by atoms with E-state index >= 15 is 4.39 Å². The van der Waals surface area contributed by atoms with E-state index in [0.717, 1.165) is 0 Å². The number of fused-ring (bicyclic) bond motifs is 4. The van der Waals surface area contributed by atoms with Crippen LogP contribution in [0.4, 0.5) is 10.1 Å². The number of hydrogen-bond acceptors (Lipinski definition) is 10. The van der Waals surface area contributed by atoms with Gasteiger partial charge in [-0.15, -0.1) is 0 Å². The van der Waals surface area contributed by atoms with Gasteiger partial charge < -0.3 is 31.5 Å². The number of aliphatic hydroxyl groups excluding tert-OH is 2. The third-order valence-corrected chi connectivity index (χ3v) is 9.50. The first-order chi connectivity index (χ1) is 19.6. The van der Waals surface area contributed by atoms with Crippen molar-refractivity contribution in [3.8, 4) is 5.75 Å². The highest BCUT2D eigenvalue weighted by molar-refractivity contribution is 6.24. The molecule has 0 radical (unpaired) electrons. The first-order valence-corrected chi connectivity index (χ1v) is 13.8. The van der Waals surface area contributed by atoms with Crippen molar-refractivity contribution in [2.24, 2.45) is 23.5 Å². The molecule has 0 saturated heterocycles. The van der Waals surface area contributed by atoms with Gasteiger partial charge in [0.2, 0.25) is 11.7 Å². The predicted molar refractivity (Wildman–Crippen MR) is 148 cm³/mol. The van der Waals surface area contributed by atoms with Crippen molar-refractivity contribution in [1.82, 2.24) is 9.80 Å². The molecule has 7 N–H and O–H groups in total. The van der Waals surface area contributed by atoms with E-state index in [0.29, 0.717) is 6.42 Å². The number of hydrogen-bond donors (Lipinski definition) is 6. The average Bonchev–Trinajstić information content (AvgIpc) is 3.03. The molecule has 5 rings (SSSR count). The van der Waals surface area contributed by atoms with Gasteiger partial charge in [0.05, 0.1) is 23.3 Å². The summed E-state index contributed by atoms with van der Waals surface area (Å²) >= 11 is 0. The third kappa shape index (κ3) is 3.83. The Hall–Kier alpha value is -3.81. The van der Waals surface area contributed by atoms with Crippen molar-refractivity contribution in [3.63, 3.8) is 0 Å². The minimum Gasteiger partial charge on any atom is -0.508 e. The van der Waals surface area contributed by atoms with Gasteiger partial charge in [-0.05, 0) is 45.8 Å². The number of phenolic OH excluding ortho intramolecular Hbond substituents is 1. The summed E-state index contributed by atoms with van der Waals surface area (Å²) < 4.78 is 16.3. The quantitative estimate of drug-likeness (QED) is 0.218. The number of nitrogens with two attached hydrogens (primary N) is 1. The summed E-state index contributed by atoms with van der Waals surface area (Å²) in [5.74, 6) is -9.58. The number of ketones is 2. The number of likely N-dealkylation sites (N-methyl/N-ethyl adjacent to an activating group) is 2. The molecule has 2 amide bonds. The summed E-state index contributed by atoms with van der Waals surface area (Å²) in [5, 5.41) is 48.0. The zero-order valence-corrected chi connectivity index (χ0v) is 24.0. The molecule has 1 aromatic rings. The number of carbonyl (C=O) groups excluding carboxylic acids is 4. The summed E-state index contributed by atoms with van der Waals surface area (Å²) in [6.45, 7) is 3.78. The highest BCUT2D eigenvalue weighted by Crippen LogP contribution is 2.54. The van der Waals surface area contributed by atoms with E-state index in [1.54, 1.807) is 11.9 Å². The molecule has 42 heavy (non-hydrogen) atoms. The number of phenols is 1. The Morgan fingerprint density at radius 2 is 1.86 bits per heavy atom. The largest absolute Gasteiger partial charge is 0.508 e. The lowest BCUT2D eigenvalue weighted by molar-refractivity contribution is -0.153. The van der Waals surface area contributed by atoms with Crippen LogP contribution in [-0.4, -0.2) is 92.4 Å². The maximum Gasteiger partial charge on any atom is 0.255 e. The third-order valence-electron chi connectivity index (χ3n) is 9.50. The Balaban J connectivity index is 1.71. The van der Waals surface area contributed by atoms with Gasteiger partial charge in [0, 0.05) is 29.2 Å². The molecule has 1 saturated carbocycles. The standard InChI is InChI=1S/C29H35FN4O8/c1-6-10(2)20-28(41)32-19-13(9-34(20)5)18(30)12-7-11-8-14-21(33(3)4)24(37)17(27(31)40)26(39)29(14,42)25(38)15(11)22(35)16(12)23(19)36/h10-11,14,20-21,35-36,39,42H,6-9H2,1-5H3,(H2,31,40)(H,32,41)/t10?,11-,14-,20+,21-,29-/m0/s1. The minimum atomic E-state index is -2.80. The molecule has 1 aliphatic heterocycles.